The Morgan fingerprint density at radius 2 is 1.33 bits per heavy atom. The molecule has 0 bridgehead atoms. The Bertz CT molecular complexity index is 902. The fourth-order valence-corrected chi connectivity index (χ4v) is 3.22. The molecule has 0 unspecified atom stereocenters. The molecule has 0 fully saturated rings. The van der Waals surface area contributed by atoms with Crippen LogP contribution in [0, 0.1) is 31.9 Å². The lowest BCUT2D eigenvalue weighted by atomic mass is 10.2. The van der Waals surface area contributed by atoms with Crippen molar-refractivity contribution in [2.75, 3.05) is 14.2 Å². The minimum atomic E-state index is -1.14. The minimum absolute atomic E-state index is 0.0139. The number of hydrogen-bond donors (Lipinski definition) is 1. The molecule has 30 heavy (non-hydrogen) atoms. The number of rotatable bonds is 6. The Labute approximate surface area is 186 Å². The highest BCUT2D eigenvalue weighted by atomic mass is 79.9. The third-order valence-corrected chi connectivity index (χ3v) is 4.70. The summed E-state index contributed by atoms with van der Waals surface area (Å²) in [5.74, 6) is -2.68. The molecule has 2 aromatic rings. The molecule has 0 saturated heterocycles. The van der Waals surface area contributed by atoms with Crippen LogP contribution >= 0.6 is 39.1 Å². The van der Waals surface area contributed by atoms with Gasteiger partial charge in [-0.3, -0.25) is 20.2 Å². The van der Waals surface area contributed by atoms with E-state index < -0.39 is 39.5 Å². The Morgan fingerprint density at radius 3 is 1.63 bits per heavy atom. The van der Waals surface area contributed by atoms with Gasteiger partial charge in [0.05, 0.1) is 40.7 Å². The summed E-state index contributed by atoms with van der Waals surface area (Å²) in [4.78, 5) is 19.4. The van der Waals surface area contributed by atoms with E-state index in [1.165, 1.54) is 13.2 Å². The van der Waals surface area contributed by atoms with Gasteiger partial charge in [0.25, 0.3) is 0 Å². The van der Waals surface area contributed by atoms with E-state index in [2.05, 4.69) is 25.4 Å². The number of aliphatic hydroxyl groups is 1. The van der Waals surface area contributed by atoms with E-state index >= 15 is 0 Å². The summed E-state index contributed by atoms with van der Waals surface area (Å²) in [5, 5.41) is 30.0. The summed E-state index contributed by atoms with van der Waals surface area (Å²) in [6, 6.07) is 2.38. The number of alkyl halides is 1. The van der Waals surface area contributed by atoms with Crippen molar-refractivity contribution >= 4 is 50.5 Å². The molecule has 14 heteroatoms. The van der Waals surface area contributed by atoms with Crippen molar-refractivity contribution in [2.24, 2.45) is 0 Å². The van der Waals surface area contributed by atoms with E-state index in [1.807, 2.05) is 0 Å². The van der Waals surface area contributed by atoms with Gasteiger partial charge in [0, 0.05) is 16.5 Å². The third-order valence-electron chi connectivity index (χ3n) is 3.53. The summed E-state index contributed by atoms with van der Waals surface area (Å²) in [5.41, 5.74) is -1.73. The molecule has 1 N–H and O–H groups in total. The highest BCUT2D eigenvalue weighted by Gasteiger charge is 2.28. The molecule has 0 saturated carbocycles. The van der Waals surface area contributed by atoms with Crippen LogP contribution in [0.1, 0.15) is 11.1 Å². The predicted molar refractivity (Wildman–Crippen MR) is 108 cm³/mol. The van der Waals surface area contributed by atoms with Gasteiger partial charge in [-0.25, -0.2) is 0 Å². The Hall–Kier alpha value is -2.28. The van der Waals surface area contributed by atoms with E-state index in [0.717, 1.165) is 13.2 Å². The van der Waals surface area contributed by atoms with E-state index in [-0.39, 0.29) is 38.0 Å². The monoisotopic (exact) mass is 532 g/mol. The van der Waals surface area contributed by atoms with Gasteiger partial charge < -0.3 is 14.6 Å². The van der Waals surface area contributed by atoms with Gasteiger partial charge in [-0.05, 0) is 12.1 Å². The fraction of sp³-hybridized carbons (Fsp3) is 0.250. The van der Waals surface area contributed by atoms with Crippen molar-refractivity contribution in [1.82, 2.24) is 0 Å². The molecule has 0 atom stereocenters. The fourth-order valence-electron chi connectivity index (χ4n) is 2.22. The molecule has 0 heterocycles. The van der Waals surface area contributed by atoms with Gasteiger partial charge >= 0.3 is 11.4 Å². The quantitative estimate of drug-likeness (QED) is 0.308. The van der Waals surface area contributed by atoms with Crippen LogP contribution in [0.5, 0.6) is 11.5 Å². The number of halogens is 5. The molecule has 0 aromatic heterocycles. The maximum absolute atomic E-state index is 13.5. The Morgan fingerprint density at radius 1 is 0.967 bits per heavy atom. The molecule has 2 aromatic carbocycles. The van der Waals surface area contributed by atoms with Gasteiger partial charge in [0.1, 0.15) is 0 Å². The number of methoxy groups -OCH3 is 2. The minimum Gasteiger partial charge on any atom is -0.489 e. The Balaban J connectivity index is 0.000000300. The van der Waals surface area contributed by atoms with Gasteiger partial charge in [-0.2, -0.15) is 8.78 Å². The third kappa shape index (κ3) is 5.45. The lowest BCUT2D eigenvalue weighted by molar-refractivity contribution is -0.388. The molecule has 164 valence electrons. The number of aliphatic hydroxyl groups excluding tert-OH is 1. The summed E-state index contributed by atoms with van der Waals surface area (Å²) >= 11 is 14.3. The second-order valence-electron chi connectivity index (χ2n) is 5.23. The maximum Gasteiger partial charge on any atom is 0.348 e. The van der Waals surface area contributed by atoms with Gasteiger partial charge in [-0.15, -0.1) is 0 Å². The zero-order chi connectivity index (χ0) is 23.2. The molecule has 0 aliphatic carbocycles. The second kappa shape index (κ2) is 11.2. The van der Waals surface area contributed by atoms with Crippen LogP contribution in [0.3, 0.4) is 0 Å². The van der Waals surface area contributed by atoms with Crippen molar-refractivity contribution < 1.29 is 33.2 Å². The number of hydrogen-bond acceptors (Lipinski definition) is 7. The van der Waals surface area contributed by atoms with E-state index in [4.69, 9.17) is 28.3 Å². The maximum atomic E-state index is 13.5. The molecule has 9 nitrogen and oxygen atoms in total. The number of ether oxygens (including phenoxy) is 2. The molecule has 0 aliphatic heterocycles. The first-order chi connectivity index (χ1) is 14.0. The van der Waals surface area contributed by atoms with Gasteiger partial charge in [-0.1, -0.05) is 39.1 Å². The Kier molecular flexibility index (Phi) is 9.62. The summed E-state index contributed by atoms with van der Waals surface area (Å²) < 4.78 is 36.3. The SMILES string of the molecule is COc1c(Cl)cc(CBr)c(F)c1[N+](=O)[O-].COc1c(Cl)cc(CO)c(F)c1[N+](=O)[O-]. The molecular weight excluding hydrogens is 521 g/mol. The van der Waals surface area contributed by atoms with E-state index in [9.17, 15) is 29.0 Å². The first-order valence-electron chi connectivity index (χ1n) is 7.60. The molecule has 2 rings (SSSR count). The number of nitrogens with zero attached hydrogens (tertiary/aromatic N) is 2. The van der Waals surface area contributed by atoms with Crippen LogP contribution in [0.4, 0.5) is 20.2 Å². The molecule has 0 amide bonds. The van der Waals surface area contributed by atoms with Crippen LogP contribution in [0.15, 0.2) is 12.1 Å². The normalized spacial score (nSPS) is 10.1. The summed E-state index contributed by atoms with van der Waals surface area (Å²) in [7, 11) is 2.34. The number of benzene rings is 2. The smallest absolute Gasteiger partial charge is 0.348 e. The first kappa shape index (κ1) is 25.8. The standard InChI is InChI=1S/C8H6BrClFNO3.C8H7ClFNO4/c1-15-8-5(10)2-4(3-9)6(11)7(8)12(13)14;1-15-8-5(9)2-4(3-12)6(10)7(8)11(13)14/h2H,3H2,1H3;2,12H,3H2,1H3. The van der Waals surface area contributed by atoms with E-state index in [0.29, 0.717) is 0 Å². The van der Waals surface area contributed by atoms with E-state index in [1.54, 1.807) is 0 Å². The summed E-state index contributed by atoms with van der Waals surface area (Å²) in [6.45, 7) is -0.670. The van der Waals surface area contributed by atoms with Gasteiger partial charge in [0.15, 0.2) is 0 Å². The van der Waals surface area contributed by atoms with Crippen molar-refractivity contribution in [1.29, 1.82) is 0 Å². The highest BCUT2D eigenvalue weighted by molar-refractivity contribution is 9.08. The van der Waals surface area contributed by atoms with Crippen molar-refractivity contribution in [2.45, 2.75) is 11.9 Å². The largest absolute Gasteiger partial charge is 0.489 e. The van der Waals surface area contributed by atoms with Crippen molar-refractivity contribution in [3.05, 3.63) is 65.2 Å². The first-order valence-corrected chi connectivity index (χ1v) is 9.48. The zero-order valence-electron chi connectivity index (χ0n) is 15.2. The van der Waals surface area contributed by atoms with Crippen LogP contribution in [-0.4, -0.2) is 29.2 Å². The topological polar surface area (TPSA) is 125 Å². The molecule has 0 aliphatic rings. The number of nitro benzene ring substituents is 2. The lowest BCUT2D eigenvalue weighted by Crippen LogP contribution is -2.01. The molecular formula is C16H13BrCl2F2N2O7. The van der Waals surface area contributed by atoms with Crippen LogP contribution in [-0.2, 0) is 11.9 Å². The second-order valence-corrected chi connectivity index (χ2v) is 6.61. The average Bonchev–Trinajstić information content (AvgIpc) is 2.69. The van der Waals surface area contributed by atoms with Crippen molar-refractivity contribution in [3.63, 3.8) is 0 Å². The van der Waals surface area contributed by atoms with Crippen LogP contribution in [0.2, 0.25) is 10.0 Å². The zero-order valence-corrected chi connectivity index (χ0v) is 18.3. The predicted octanol–water partition coefficient (Wildman–Crippen LogP) is 5.18. The summed E-state index contributed by atoms with van der Waals surface area (Å²) in [6.07, 6.45) is 0. The van der Waals surface area contributed by atoms with Crippen molar-refractivity contribution in [3.8, 4) is 11.5 Å². The number of nitro groups is 2. The van der Waals surface area contributed by atoms with Gasteiger partial charge in [0.2, 0.25) is 23.1 Å². The highest BCUT2D eigenvalue weighted by Crippen LogP contribution is 2.40. The lowest BCUT2D eigenvalue weighted by Gasteiger charge is -2.07. The average molecular weight is 534 g/mol. The molecule has 0 spiro atoms. The van der Waals surface area contributed by atoms with Crippen LogP contribution < -0.4 is 9.47 Å². The molecule has 0 radical (unpaired) electrons. The van der Waals surface area contributed by atoms with Crippen LogP contribution in [0.25, 0.3) is 0 Å².